The Labute approximate surface area is 75.6 Å². The molecule has 0 amide bonds. The normalized spacial score (nSPS) is 10.4. The van der Waals surface area contributed by atoms with Crippen LogP contribution in [0.5, 0.6) is 0 Å². The van der Waals surface area contributed by atoms with Gasteiger partial charge in [-0.1, -0.05) is 0 Å². The van der Waals surface area contributed by atoms with Gasteiger partial charge in [-0.05, 0) is 24.4 Å². The quantitative estimate of drug-likeness (QED) is 0.418. The lowest BCUT2D eigenvalue weighted by atomic mass is 10.5. The van der Waals surface area contributed by atoms with Crippen LogP contribution in [-0.2, 0) is 0 Å². The zero-order valence-corrected chi connectivity index (χ0v) is 7.41. The van der Waals surface area contributed by atoms with Gasteiger partial charge in [0.1, 0.15) is 5.76 Å². The molecular formula is C7H9N3OS. The lowest BCUT2D eigenvalue weighted by Gasteiger charge is -2.07. The van der Waals surface area contributed by atoms with E-state index in [2.05, 4.69) is 17.3 Å². The van der Waals surface area contributed by atoms with E-state index in [9.17, 15) is 0 Å². The van der Waals surface area contributed by atoms with Crippen LogP contribution in [-0.4, -0.2) is 23.4 Å². The molecule has 0 aromatic carbocycles. The summed E-state index contributed by atoms with van der Waals surface area (Å²) < 4.78 is 5.00. The Morgan fingerprint density at radius 2 is 2.58 bits per heavy atom. The first-order chi connectivity index (χ1) is 5.70. The van der Waals surface area contributed by atoms with E-state index in [1.807, 2.05) is 0 Å². The van der Waals surface area contributed by atoms with E-state index in [1.54, 1.807) is 31.7 Å². The van der Waals surface area contributed by atoms with E-state index in [1.165, 1.54) is 5.01 Å². The minimum absolute atomic E-state index is 0.220. The van der Waals surface area contributed by atoms with Gasteiger partial charge in [-0.15, -0.1) is 0 Å². The van der Waals surface area contributed by atoms with Gasteiger partial charge in [-0.2, -0.15) is 5.10 Å². The molecule has 1 rings (SSSR count). The number of thiocarbonyl (C=S) groups is 1. The number of hydrogen-bond donors (Lipinski definition) is 1. The third-order valence-corrected chi connectivity index (χ3v) is 1.48. The van der Waals surface area contributed by atoms with Crippen LogP contribution in [0.3, 0.4) is 0 Å². The molecule has 0 aliphatic rings. The molecule has 1 heterocycles. The first-order valence-corrected chi connectivity index (χ1v) is 3.71. The van der Waals surface area contributed by atoms with E-state index < -0.39 is 0 Å². The van der Waals surface area contributed by atoms with Crippen molar-refractivity contribution in [3.63, 3.8) is 0 Å². The fourth-order valence-electron chi connectivity index (χ4n) is 0.565. The second kappa shape index (κ2) is 3.87. The molecule has 1 aromatic heterocycles. The molecule has 5 heteroatoms. The minimum atomic E-state index is 0.220. The fourth-order valence-corrected chi connectivity index (χ4v) is 0.612. The molecule has 0 radical (unpaired) electrons. The van der Waals surface area contributed by atoms with Crippen LogP contribution >= 0.6 is 12.2 Å². The van der Waals surface area contributed by atoms with Crippen LogP contribution in [0.1, 0.15) is 5.76 Å². The van der Waals surface area contributed by atoms with Crippen molar-refractivity contribution in [2.45, 2.75) is 0 Å². The van der Waals surface area contributed by atoms with Crippen molar-refractivity contribution in [1.29, 1.82) is 0 Å². The molecular weight excluding hydrogens is 174 g/mol. The Morgan fingerprint density at radius 3 is 3.08 bits per heavy atom. The van der Waals surface area contributed by atoms with Crippen molar-refractivity contribution >= 4 is 23.5 Å². The summed E-state index contributed by atoms with van der Waals surface area (Å²) in [4.78, 5) is 0. The predicted molar refractivity (Wildman–Crippen MR) is 50.9 cm³/mol. The summed E-state index contributed by atoms with van der Waals surface area (Å²) in [5.41, 5.74) is 5.29. The van der Waals surface area contributed by atoms with Gasteiger partial charge in [0.25, 0.3) is 0 Å². The van der Waals surface area contributed by atoms with Crippen molar-refractivity contribution in [2.24, 2.45) is 10.8 Å². The molecule has 0 atom stereocenters. The lowest BCUT2D eigenvalue weighted by molar-refractivity contribution is 0.536. The molecule has 12 heavy (non-hydrogen) atoms. The Morgan fingerprint density at radius 1 is 1.83 bits per heavy atom. The van der Waals surface area contributed by atoms with Crippen molar-refractivity contribution in [2.75, 3.05) is 7.05 Å². The Kier molecular flexibility index (Phi) is 2.82. The highest BCUT2D eigenvalue weighted by atomic mass is 32.1. The van der Waals surface area contributed by atoms with E-state index in [0.717, 1.165) is 0 Å². The number of hydrogen-bond acceptors (Lipinski definition) is 3. The first-order valence-electron chi connectivity index (χ1n) is 3.31. The monoisotopic (exact) mass is 183 g/mol. The predicted octanol–water partition coefficient (Wildman–Crippen LogP) is 0.789. The smallest absolute Gasteiger partial charge is 0.186 e. The summed E-state index contributed by atoms with van der Waals surface area (Å²) in [6.07, 6.45) is 3.11. The highest BCUT2D eigenvalue weighted by Crippen LogP contribution is 1.95. The maximum Gasteiger partial charge on any atom is 0.186 e. The number of rotatable bonds is 2. The van der Waals surface area contributed by atoms with Crippen LogP contribution in [0.4, 0.5) is 0 Å². The Bertz CT molecular complexity index is 281. The van der Waals surface area contributed by atoms with E-state index in [-0.39, 0.29) is 5.11 Å². The van der Waals surface area contributed by atoms with E-state index in [0.29, 0.717) is 5.76 Å². The zero-order chi connectivity index (χ0) is 8.97. The molecule has 0 unspecified atom stereocenters. The highest BCUT2D eigenvalue weighted by Gasteiger charge is 1.94. The van der Waals surface area contributed by atoms with Crippen LogP contribution in [0.15, 0.2) is 27.9 Å². The molecule has 0 bridgehead atoms. The molecule has 2 N–H and O–H groups in total. The van der Waals surface area contributed by atoms with Gasteiger partial charge in [0.2, 0.25) is 0 Å². The average Bonchev–Trinajstić information content (AvgIpc) is 2.51. The Balaban J connectivity index is 2.56. The third-order valence-electron chi connectivity index (χ3n) is 1.22. The van der Waals surface area contributed by atoms with Gasteiger partial charge in [-0.3, -0.25) is 0 Å². The molecule has 0 saturated carbocycles. The number of nitrogens with two attached hydrogens (primary N) is 1. The maximum atomic E-state index is 5.29. The number of nitrogens with zero attached hydrogens (tertiary/aromatic N) is 2. The summed E-state index contributed by atoms with van der Waals surface area (Å²) >= 11 is 4.67. The summed E-state index contributed by atoms with van der Waals surface area (Å²) in [6.45, 7) is 0. The second-order valence-corrected chi connectivity index (χ2v) is 2.54. The molecule has 4 nitrogen and oxygen atoms in total. The number of hydrazone groups is 1. The molecule has 0 spiro atoms. The van der Waals surface area contributed by atoms with Gasteiger partial charge in [-0.25, -0.2) is 5.01 Å². The topological polar surface area (TPSA) is 54.8 Å². The molecule has 0 aliphatic carbocycles. The Hall–Kier alpha value is -1.36. The van der Waals surface area contributed by atoms with E-state index >= 15 is 0 Å². The summed E-state index contributed by atoms with van der Waals surface area (Å²) in [5, 5.41) is 5.52. The van der Waals surface area contributed by atoms with Gasteiger partial charge in [0, 0.05) is 7.05 Å². The van der Waals surface area contributed by atoms with Gasteiger partial charge < -0.3 is 10.2 Å². The molecule has 1 aromatic rings. The standard InChI is InChI=1S/C7H9N3OS/c1-10(7(8)12)9-5-6-3-2-4-11-6/h2-5H,1H3,(H2,8,12). The summed E-state index contributed by atoms with van der Waals surface area (Å²) in [7, 11) is 1.67. The van der Waals surface area contributed by atoms with Crippen LogP contribution in [0.2, 0.25) is 0 Å². The van der Waals surface area contributed by atoms with Gasteiger partial charge in [0.15, 0.2) is 5.11 Å². The largest absolute Gasteiger partial charge is 0.463 e. The third kappa shape index (κ3) is 2.35. The summed E-state index contributed by atoms with van der Waals surface area (Å²) in [5.74, 6) is 0.665. The minimum Gasteiger partial charge on any atom is -0.463 e. The zero-order valence-electron chi connectivity index (χ0n) is 6.60. The fraction of sp³-hybridized carbons (Fsp3) is 0.143. The molecule has 0 saturated heterocycles. The van der Waals surface area contributed by atoms with Gasteiger partial charge in [0.05, 0.1) is 12.5 Å². The number of furan rings is 1. The average molecular weight is 183 g/mol. The van der Waals surface area contributed by atoms with E-state index in [4.69, 9.17) is 10.2 Å². The summed E-state index contributed by atoms with van der Waals surface area (Å²) in [6, 6.07) is 3.57. The molecule has 0 aliphatic heterocycles. The van der Waals surface area contributed by atoms with Crippen molar-refractivity contribution in [3.05, 3.63) is 24.2 Å². The van der Waals surface area contributed by atoms with Crippen LogP contribution in [0, 0.1) is 0 Å². The first kappa shape index (κ1) is 8.73. The molecule has 0 fully saturated rings. The molecule has 64 valence electrons. The van der Waals surface area contributed by atoms with Crippen LogP contribution in [0.25, 0.3) is 0 Å². The van der Waals surface area contributed by atoms with Crippen molar-refractivity contribution < 1.29 is 4.42 Å². The second-order valence-electron chi connectivity index (χ2n) is 2.12. The lowest BCUT2D eigenvalue weighted by Crippen LogP contribution is -2.26. The highest BCUT2D eigenvalue weighted by molar-refractivity contribution is 7.80. The maximum absolute atomic E-state index is 5.29. The van der Waals surface area contributed by atoms with Crippen molar-refractivity contribution in [3.8, 4) is 0 Å². The SMILES string of the molecule is CN(N=Cc1ccco1)C(N)=S. The van der Waals surface area contributed by atoms with Crippen LogP contribution < -0.4 is 5.73 Å². The van der Waals surface area contributed by atoms with Crippen molar-refractivity contribution in [1.82, 2.24) is 5.01 Å². The van der Waals surface area contributed by atoms with Gasteiger partial charge >= 0.3 is 0 Å².